The minimum absolute atomic E-state index is 0.0319. The number of esters is 1. The van der Waals surface area contributed by atoms with Crippen molar-refractivity contribution >= 4 is 34.6 Å². The molecule has 0 saturated heterocycles. The van der Waals surface area contributed by atoms with E-state index >= 15 is 0 Å². The molecular formula is C33H27N7O3S. The van der Waals surface area contributed by atoms with Gasteiger partial charge in [-0.25, -0.2) is 0 Å². The fourth-order valence-electron chi connectivity index (χ4n) is 5.21. The Morgan fingerprint density at radius 1 is 1.00 bits per heavy atom. The number of rotatable bonds is 6. The number of carbonyl (C=O) groups excluding carboxylic acids is 2. The van der Waals surface area contributed by atoms with Crippen molar-refractivity contribution in [2.45, 2.75) is 33.2 Å². The van der Waals surface area contributed by atoms with Gasteiger partial charge in [-0.15, -0.1) is 21.5 Å². The van der Waals surface area contributed by atoms with Crippen molar-refractivity contribution in [3.05, 3.63) is 111 Å². The van der Waals surface area contributed by atoms with Crippen LogP contribution in [0.1, 0.15) is 61.6 Å². The Labute approximate surface area is 257 Å². The number of aromatic nitrogens is 4. The lowest BCUT2D eigenvalue weighted by molar-refractivity contribution is -0.141. The van der Waals surface area contributed by atoms with Gasteiger partial charge in [-0.3, -0.25) is 24.1 Å². The molecule has 0 bridgehead atoms. The molecule has 1 aliphatic heterocycles. The number of ether oxygens (including phenoxy) is 1. The van der Waals surface area contributed by atoms with Crippen LogP contribution in [0.4, 0.5) is 5.69 Å². The van der Waals surface area contributed by atoms with E-state index in [1.165, 1.54) is 7.11 Å². The number of anilines is 1. The number of aliphatic imine (C=N–C) groups is 1. The van der Waals surface area contributed by atoms with Gasteiger partial charge in [-0.2, -0.15) is 5.26 Å². The van der Waals surface area contributed by atoms with E-state index in [1.807, 2.05) is 41.8 Å². The van der Waals surface area contributed by atoms with Gasteiger partial charge in [0.1, 0.15) is 22.9 Å². The van der Waals surface area contributed by atoms with E-state index in [0.29, 0.717) is 22.6 Å². The first-order valence-corrected chi connectivity index (χ1v) is 14.6. The number of fused-ring (bicyclic) bond motifs is 3. The van der Waals surface area contributed by atoms with E-state index < -0.39 is 6.04 Å². The normalized spacial score (nSPS) is 13.6. The quantitative estimate of drug-likeness (QED) is 0.240. The molecule has 1 N–H and O–H groups in total. The molecule has 0 aliphatic carbocycles. The average molecular weight is 602 g/mol. The highest BCUT2D eigenvalue weighted by Crippen LogP contribution is 2.40. The lowest BCUT2D eigenvalue weighted by Crippen LogP contribution is -2.12. The Balaban J connectivity index is 1.36. The van der Waals surface area contributed by atoms with Gasteiger partial charge < -0.3 is 10.1 Å². The van der Waals surface area contributed by atoms with E-state index in [9.17, 15) is 14.9 Å². The van der Waals surface area contributed by atoms with Crippen molar-refractivity contribution in [2.24, 2.45) is 4.99 Å². The fraction of sp³-hybridized carbons (Fsp3) is 0.182. The highest BCUT2D eigenvalue weighted by molar-refractivity contribution is 7.15. The summed E-state index contributed by atoms with van der Waals surface area (Å²) in [6.45, 7) is 6.05. The number of amides is 1. The lowest BCUT2D eigenvalue weighted by Gasteiger charge is -2.13. The number of methoxy groups -OCH3 is 1. The van der Waals surface area contributed by atoms with Crippen molar-refractivity contribution in [1.82, 2.24) is 19.7 Å². The zero-order valence-electron chi connectivity index (χ0n) is 24.5. The Kier molecular flexibility index (Phi) is 7.59. The van der Waals surface area contributed by atoms with Crippen molar-refractivity contribution < 1.29 is 14.3 Å². The van der Waals surface area contributed by atoms with E-state index in [-0.39, 0.29) is 18.3 Å². The highest BCUT2D eigenvalue weighted by Gasteiger charge is 2.32. The number of hydrogen-bond donors (Lipinski definition) is 1. The van der Waals surface area contributed by atoms with Gasteiger partial charge in [0.2, 0.25) is 0 Å². The van der Waals surface area contributed by atoms with Crippen molar-refractivity contribution in [2.75, 3.05) is 12.4 Å². The maximum atomic E-state index is 12.6. The van der Waals surface area contributed by atoms with Crippen LogP contribution < -0.4 is 5.32 Å². The molecule has 44 heavy (non-hydrogen) atoms. The van der Waals surface area contributed by atoms with Crippen molar-refractivity contribution in [3.63, 3.8) is 0 Å². The predicted octanol–water partition coefficient (Wildman–Crippen LogP) is 5.90. The van der Waals surface area contributed by atoms with Gasteiger partial charge in [0, 0.05) is 34.0 Å². The Bertz CT molecular complexity index is 1990. The molecule has 0 fully saturated rings. The number of thiophene rings is 1. The van der Waals surface area contributed by atoms with Crippen LogP contribution in [-0.2, 0) is 9.53 Å². The summed E-state index contributed by atoms with van der Waals surface area (Å²) in [5.41, 5.74) is 6.68. The van der Waals surface area contributed by atoms with Crippen LogP contribution in [0.2, 0.25) is 0 Å². The zero-order valence-corrected chi connectivity index (χ0v) is 25.3. The van der Waals surface area contributed by atoms with Gasteiger partial charge in [0.15, 0.2) is 5.82 Å². The summed E-state index contributed by atoms with van der Waals surface area (Å²) in [6, 6.07) is 18.1. The van der Waals surface area contributed by atoms with Crippen molar-refractivity contribution in [1.29, 1.82) is 5.26 Å². The van der Waals surface area contributed by atoms with Gasteiger partial charge in [-0.1, -0.05) is 30.3 Å². The molecule has 10 nitrogen and oxygen atoms in total. The number of benzene rings is 2. The molecule has 11 heteroatoms. The summed E-state index contributed by atoms with van der Waals surface area (Å²) >= 11 is 1.65. The zero-order chi connectivity index (χ0) is 31.0. The van der Waals surface area contributed by atoms with Crippen LogP contribution in [0.25, 0.3) is 16.1 Å². The number of hydrogen-bond acceptors (Lipinski definition) is 9. The smallest absolute Gasteiger partial charge is 0.308 e. The van der Waals surface area contributed by atoms with Crippen LogP contribution in [0.5, 0.6) is 0 Å². The minimum atomic E-state index is -0.578. The van der Waals surface area contributed by atoms with E-state index in [2.05, 4.69) is 40.4 Å². The highest BCUT2D eigenvalue weighted by atomic mass is 32.1. The largest absolute Gasteiger partial charge is 0.469 e. The molecule has 0 saturated carbocycles. The number of nitrogens with zero attached hydrogens (tertiary/aromatic N) is 6. The number of aryl methyl sites for hydroxylation is 2. The van der Waals surface area contributed by atoms with Gasteiger partial charge in [-0.05, 0) is 61.7 Å². The monoisotopic (exact) mass is 601 g/mol. The second kappa shape index (κ2) is 11.7. The summed E-state index contributed by atoms with van der Waals surface area (Å²) < 4.78 is 6.98. The molecule has 5 aromatic rings. The van der Waals surface area contributed by atoms with Crippen LogP contribution in [-0.4, -0.2) is 44.4 Å². The summed E-state index contributed by atoms with van der Waals surface area (Å²) in [7, 11) is 1.36. The van der Waals surface area contributed by atoms with Gasteiger partial charge >= 0.3 is 5.97 Å². The molecule has 218 valence electrons. The summed E-state index contributed by atoms with van der Waals surface area (Å²) in [5, 5.41) is 22.3. The summed E-state index contributed by atoms with van der Waals surface area (Å²) in [6.07, 6.45) is 3.12. The molecular weight excluding hydrogens is 574 g/mol. The first kappa shape index (κ1) is 28.6. The molecule has 3 aromatic heterocycles. The number of carbonyl (C=O) groups is 2. The van der Waals surface area contributed by atoms with E-state index in [0.717, 1.165) is 49.2 Å². The minimum Gasteiger partial charge on any atom is -0.469 e. The predicted molar refractivity (Wildman–Crippen MR) is 167 cm³/mol. The number of nitrogens with one attached hydrogen (secondary N) is 1. The number of pyridine rings is 1. The van der Waals surface area contributed by atoms with Crippen LogP contribution in [0, 0.1) is 32.1 Å². The molecule has 1 aliphatic rings. The summed E-state index contributed by atoms with van der Waals surface area (Å²) in [4.78, 5) is 35.2. The molecule has 1 atom stereocenters. The van der Waals surface area contributed by atoms with Crippen LogP contribution in [0.3, 0.4) is 0 Å². The van der Waals surface area contributed by atoms with Gasteiger partial charge in [0.25, 0.3) is 5.91 Å². The van der Waals surface area contributed by atoms with Gasteiger partial charge in [0.05, 0.1) is 30.5 Å². The third-order valence-corrected chi connectivity index (χ3v) is 8.84. The molecule has 4 heterocycles. The Morgan fingerprint density at radius 2 is 1.70 bits per heavy atom. The molecule has 0 unspecified atom stereocenters. The Hall–Kier alpha value is -5.47. The molecule has 2 aromatic carbocycles. The summed E-state index contributed by atoms with van der Waals surface area (Å²) in [5.74, 6) is 0.620. The topological polar surface area (TPSA) is 135 Å². The third-order valence-electron chi connectivity index (χ3n) is 7.65. The van der Waals surface area contributed by atoms with E-state index in [4.69, 9.17) is 9.73 Å². The van der Waals surface area contributed by atoms with Crippen LogP contribution >= 0.6 is 11.3 Å². The molecule has 0 spiro atoms. The Morgan fingerprint density at radius 3 is 2.41 bits per heavy atom. The second-order valence-electron chi connectivity index (χ2n) is 10.3. The molecule has 1 amide bonds. The maximum Gasteiger partial charge on any atom is 0.308 e. The van der Waals surface area contributed by atoms with E-state index in [1.54, 1.807) is 48.0 Å². The third kappa shape index (κ3) is 5.16. The second-order valence-corrected chi connectivity index (χ2v) is 11.5. The first-order valence-electron chi connectivity index (χ1n) is 13.8. The van der Waals surface area contributed by atoms with Crippen molar-refractivity contribution in [3.8, 4) is 22.2 Å². The average Bonchev–Trinajstić information content (AvgIpc) is 3.53. The first-order chi connectivity index (χ1) is 21.3. The number of nitriles is 1. The fourth-order valence-corrected chi connectivity index (χ4v) is 6.42. The maximum absolute atomic E-state index is 12.6. The lowest BCUT2D eigenvalue weighted by atomic mass is 9.96. The standard InChI is InChI=1S/C33H27N7O3S/c1-18-19(2)44-33-29(18)30(36-27(16-28(41)43-4)31-39-38-20(3)40(31)33)22-7-5-21(6-8-22)24-9-10-26(25(15-24)17-34)37-32(42)23-11-13-35-14-12-23/h5-15,27H,16H2,1-4H3,(H,37,42)/t27-/m0/s1. The van der Waals surface area contributed by atoms with Crippen LogP contribution in [0.15, 0.2) is 72.0 Å². The molecule has 0 radical (unpaired) electrons. The SMILES string of the molecule is COC(=O)C[C@@H]1N=C(c2ccc(-c3ccc(NC(=O)c4ccncc4)c(C#N)c3)cc2)c2c(sc(C)c2C)-n2c(C)nnc21. The molecule has 6 rings (SSSR count).